The molecular formula is C12H22N2O4. The lowest BCUT2D eigenvalue weighted by atomic mass is 10.2. The Bertz CT molecular complexity index is 268. The van der Waals surface area contributed by atoms with Gasteiger partial charge in [-0.05, 0) is 20.8 Å². The van der Waals surface area contributed by atoms with Gasteiger partial charge in [-0.3, -0.25) is 0 Å². The number of hydrogen-bond acceptors (Lipinski definition) is 5. The molecule has 0 aromatic heterocycles. The van der Waals surface area contributed by atoms with Crippen LogP contribution in [0.15, 0.2) is 0 Å². The monoisotopic (exact) mass is 258 g/mol. The normalized spacial score (nSPS) is 10.8. The summed E-state index contributed by atoms with van der Waals surface area (Å²) in [5, 5.41) is 10.8. The van der Waals surface area contributed by atoms with E-state index in [0.717, 1.165) is 0 Å². The van der Waals surface area contributed by atoms with Crippen molar-refractivity contribution in [3.8, 4) is 6.07 Å². The molecule has 0 saturated heterocycles. The van der Waals surface area contributed by atoms with Crippen LogP contribution >= 0.6 is 0 Å². The van der Waals surface area contributed by atoms with Crippen molar-refractivity contribution in [3.63, 3.8) is 0 Å². The minimum atomic E-state index is -0.487. The topological polar surface area (TPSA) is 80.6 Å². The summed E-state index contributed by atoms with van der Waals surface area (Å²) < 4.78 is 15.4. The third-order valence-electron chi connectivity index (χ3n) is 1.64. The van der Waals surface area contributed by atoms with E-state index in [1.165, 1.54) is 0 Å². The minimum absolute atomic E-state index is 0.389. The first-order valence-corrected chi connectivity index (χ1v) is 5.95. The fourth-order valence-electron chi connectivity index (χ4n) is 0.979. The van der Waals surface area contributed by atoms with Crippen molar-refractivity contribution in [3.05, 3.63) is 0 Å². The molecule has 0 spiro atoms. The Hall–Kier alpha value is -1.32. The third-order valence-corrected chi connectivity index (χ3v) is 1.64. The van der Waals surface area contributed by atoms with E-state index < -0.39 is 11.7 Å². The fraction of sp³-hybridized carbons (Fsp3) is 0.833. The molecule has 6 heteroatoms. The first-order valence-electron chi connectivity index (χ1n) is 5.95. The summed E-state index contributed by atoms with van der Waals surface area (Å²) in [6.45, 7) is 7.55. The second-order valence-corrected chi connectivity index (χ2v) is 4.56. The maximum atomic E-state index is 11.2. The van der Waals surface area contributed by atoms with Crippen LogP contribution in [0.1, 0.15) is 27.2 Å². The lowest BCUT2D eigenvalue weighted by Gasteiger charge is -2.19. The average Bonchev–Trinajstić information content (AvgIpc) is 2.24. The first-order chi connectivity index (χ1) is 8.45. The zero-order chi connectivity index (χ0) is 13.9. The molecule has 0 aliphatic heterocycles. The maximum absolute atomic E-state index is 11.2. The Morgan fingerprint density at radius 3 is 2.33 bits per heavy atom. The van der Waals surface area contributed by atoms with Crippen LogP contribution in [-0.4, -0.2) is 44.7 Å². The van der Waals surface area contributed by atoms with Crippen LogP contribution < -0.4 is 5.32 Å². The van der Waals surface area contributed by atoms with E-state index in [-0.39, 0.29) is 0 Å². The molecule has 0 unspecified atom stereocenters. The molecule has 0 rings (SSSR count). The first kappa shape index (κ1) is 16.7. The van der Waals surface area contributed by atoms with Crippen LogP contribution in [0.4, 0.5) is 4.79 Å². The van der Waals surface area contributed by atoms with Gasteiger partial charge >= 0.3 is 6.09 Å². The van der Waals surface area contributed by atoms with Crippen LogP contribution in [0.5, 0.6) is 0 Å². The zero-order valence-corrected chi connectivity index (χ0v) is 11.3. The number of ether oxygens (including phenoxy) is 3. The molecule has 104 valence electrons. The average molecular weight is 258 g/mol. The molecule has 0 aliphatic rings. The summed E-state index contributed by atoms with van der Waals surface area (Å²) in [5.41, 5.74) is -0.487. The van der Waals surface area contributed by atoms with Crippen LogP contribution in [0.2, 0.25) is 0 Å². The van der Waals surface area contributed by atoms with Crippen LogP contribution in [0, 0.1) is 11.3 Å². The predicted octanol–water partition coefficient (Wildman–Crippen LogP) is 1.46. The Labute approximate surface area is 108 Å². The minimum Gasteiger partial charge on any atom is -0.444 e. The number of carbonyl (C=O) groups excluding carboxylic acids is 1. The SMILES string of the molecule is CC(C)(C)OC(=O)NCCOCCOCCC#N. The summed E-state index contributed by atoms with van der Waals surface area (Å²) in [4.78, 5) is 11.2. The lowest BCUT2D eigenvalue weighted by molar-refractivity contribution is 0.0408. The summed E-state index contributed by atoms with van der Waals surface area (Å²) >= 11 is 0. The number of nitriles is 1. The fourth-order valence-corrected chi connectivity index (χ4v) is 0.979. The molecule has 0 fully saturated rings. The number of nitrogens with one attached hydrogen (secondary N) is 1. The van der Waals surface area contributed by atoms with Crippen molar-refractivity contribution in [2.45, 2.75) is 32.8 Å². The van der Waals surface area contributed by atoms with E-state index in [4.69, 9.17) is 19.5 Å². The number of hydrogen-bond donors (Lipinski definition) is 1. The highest BCUT2D eigenvalue weighted by molar-refractivity contribution is 5.67. The van der Waals surface area contributed by atoms with E-state index in [9.17, 15) is 4.79 Å². The third kappa shape index (κ3) is 12.7. The molecule has 0 aliphatic carbocycles. The van der Waals surface area contributed by atoms with E-state index in [2.05, 4.69) is 5.32 Å². The van der Waals surface area contributed by atoms with Gasteiger partial charge in [0.2, 0.25) is 0 Å². The van der Waals surface area contributed by atoms with Gasteiger partial charge in [0.1, 0.15) is 5.60 Å². The van der Waals surface area contributed by atoms with Gasteiger partial charge in [0.15, 0.2) is 0 Å². The summed E-state index contributed by atoms with van der Waals surface area (Å²) in [6, 6.07) is 1.98. The van der Waals surface area contributed by atoms with Gasteiger partial charge in [-0.1, -0.05) is 0 Å². The van der Waals surface area contributed by atoms with Gasteiger partial charge in [0, 0.05) is 6.54 Å². The van der Waals surface area contributed by atoms with Crippen LogP contribution in [0.3, 0.4) is 0 Å². The van der Waals surface area contributed by atoms with E-state index in [1.54, 1.807) is 0 Å². The van der Waals surface area contributed by atoms with Gasteiger partial charge in [0.25, 0.3) is 0 Å². The molecule has 1 N–H and O–H groups in total. The molecule has 18 heavy (non-hydrogen) atoms. The molecular weight excluding hydrogens is 236 g/mol. The van der Waals surface area contributed by atoms with Crippen molar-refractivity contribution in [1.82, 2.24) is 5.32 Å². The molecule has 0 bridgehead atoms. The smallest absolute Gasteiger partial charge is 0.407 e. The lowest BCUT2D eigenvalue weighted by Crippen LogP contribution is -2.34. The van der Waals surface area contributed by atoms with Crippen molar-refractivity contribution < 1.29 is 19.0 Å². The number of carbonyl (C=O) groups is 1. The molecule has 0 atom stereocenters. The van der Waals surface area contributed by atoms with Gasteiger partial charge < -0.3 is 19.5 Å². The van der Waals surface area contributed by atoms with Crippen molar-refractivity contribution in [1.29, 1.82) is 5.26 Å². The van der Waals surface area contributed by atoms with Crippen LogP contribution in [0.25, 0.3) is 0 Å². The number of alkyl carbamates (subject to hydrolysis) is 1. The second-order valence-electron chi connectivity index (χ2n) is 4.56. The molecule has 1 amide bonds. The van der Waals surface area contributed by atoms with Gasteiger partial charge in [0.05, 0.1) is 38.9 Å². The Morgan fingerprint density at radius 2 is 1.78 bits per heavy atom. The molecule has 0 saturated carbocycles. The van der Waals surface area contributed by atoms with Crippen molar-refractivity contribution in [2.75, 3.05) is 33.0 Å². The van der Waals surface area contributed by atoms with Gasteiger partial charge in [-0.25, -0.2) is 4.79 Å². The Balaban J connectivity index is 3.26. The quantitative estimate of drug-likeness (QED) is 0.667. The Kier molecular flexibility index (Phi) is 8.97. The summed E-state index contributed by atoms with van der Waals surface area (Å²) in [6.07, 6.45) is -0.0587. The largest absolute Gasteiger partial charge is 0.444 e. The number of rotatable bonds is 8. The number of amides is 1. The standard InChI is InChI=1S/C12H22N2O4/c1-12(2,3)18-11(15)14-6-8-17-10-9-16-7-4-5-13/h4,6-10H2,1-3H3,(H,14,15). The van der Waals surface area contributed by atoms with E-state index in [0.29, 0.717) is 39.4 Å². The van der Waals surface area contributed by atoms with Crippen LogP contribution in [-0.2, 0) is 14.2 Å². The van der Waals surface area contributed by atoms with E-state index in [1.807, 2.05) is 26.8 Å². The number of nitrogens with zero attached hydrogens (tertiary/aromatic N) is 1. The van der Waals surface area contributed by atoms with Crippen molar-refractivity contribution >= 4 is 6.09 Å². The van der Waals surface area contributed by atoms with Gasteiger partial charge in [-0.2, -0.15) is 5.26 Å². The maximum Gasteiger partial charge on any atom is 0.407 e. The highest BCUT2D eigenvalue weighted by Crippen LogP contribution is 2.05. The summed E-state index contributed by atoms with van der Waals surface area (Å²) in [5.74, 6) is 0. The molecule has 0 aromatic rings. The second kappa shape index (κ2) is 9.68. The predicted molar refractivity (Wildman–Crippen MR) is 66.1 cm³/mol. The van der Waals surface area contributed by atoms with E-state index >= 15 is 0 Å². The Morgan fingerprint density at radius 1 is 1.17 bits per heavy atom. The molecule has 0 radical (unpaired) electrons. The molecule has 0 heterocycles. The van der Waals surface area contributed by atoms with Crippen molar-refractivity contribution in [2.24, 2.45) is 0 Å². The highest BCUT2D eigenvalue weighted by atomic mass is 16.6. The highest BCUT2D eigenvalue weighted by Gasteiger charge is 2.15. The molecule has 6 nitrogen and oxygen atoms in total. The zero-order valence-electron chi connectivity index (χ0n) is 11.3. The summed E-state index contributed by atoms with van der Waals surface area (Å²) in [7, 11) is 0. The molecule has 0 aromatic carbocycles. The van der Waals surface area contributed by atoms with Gasteiger partial charge in [-0.15, -0.1) is 0 Å².